The summed E-state index contributed by atoms with van der Waals surface area (Å²) in [6, 6.07) is 13.2. The second kappa shape index (κ2) is 8.66. The molecule has 2 aromatic rings. The van der Waals surface area contributed by atoms with Crippen molar-refractivity contribution in [1.29, 1.82) is 0 Å². The van der Waals surface area contributed by atoms with E-state index in [0.717, 1.165) is 21.6 Å². The van der Waals surface area contributed by atoms with Crippen molar-refractivity contribution in [3.8, 4) is 10.4 Å². The number of allylic oxidation sites excluding steroid dienone is 5. The highest BCUT2D eigenvalue weighted by Gasteiger charge is 2.23. The number of hydrogen-bond acceptors (Lipinski definition) is 3. The number of aromatic carboxylic acids is 1. The molecule has 27 heavy (non-hydrogen) atoms. The highest BCUT2D eigenvalue weighted by atomic mass is 32.1. The molecule has 3 rings (SSSR count). The van der Waals surface area contributed by atoms with Crippen molar-refractivity contribution in [1.82, 2.24) is 0 Å². The lowest BCUT2D eigenvalue weighted by molar-refractivity contribution is 0.0702. The molecule has 2 atom stereocenters. The van der Waals surface area contributed by atoms with Crippen molar-refractivity contribution in [2.75, 3.05) is 6.66 Å². The maximum absolute atomic E-state index is 11.4. The van der Waals surface area contributed by atoms with E-state index in [9.17, 15) is 14.3 Å². The number of carbonyl (C=O) groups is 1. The third-order valence-electron chi connectivity index (χ3n) is 4.28. The van der Waals surface area contributed by atoms with Gasteiger partial charge in [-0.15, -0.1) is 11.3 Å². The molecule has 2 N–H and O–H groups in total. The first kappa shape index (κ1) is 21.1. The maximum Gasteiger partial charge on any atom is 0.345 e. The molecule has 0 saturated heterocycles. The Labute approximate surface area is 163 Å². The zero-order chi connectivity index (χ0) is 20.2. The molecule has 1 heterocycles. The van der Waals surface area contributed by atoms with Crippen LogP contribution in [0.5, 0.6) is 0 Å². The molecule has 142 valence electrons. The van der Waals surface area contributed by atoms with Gasteiger partial charge in [0.2, 0.25) is 7.37 Å². The summed E-state index contributed by atoms with van der Waals surface area (Å²) >= 11 is 1.29. The van der Waals surface area contributed by atoms with Gasteiger partial charge in [0.05, 0.1) is 0 Å². The molecular weight excluding hydrogens is 379 g/mol. The number of hydrogen-bond donors (Lipinski definition) is 2. The van der Waals surface area contributed by atoms with Crippen LogP contribution in [0.1, 0.15) is 23.5 Å². The van der Waals surface area contributed by atoms with Crippen molar-refractivity contribution in [3.63, 3.8) is 0 Å². The lowest BCUT2D eigenvalue weighted by Gasteiger charge is -2.21. The van der Waals surface area contributed by atoms with Gasteiger partial charge in [0, 0.05) is 16.9 Å². The lowest BCUT2D eigenvalue weighted by Crippen LogP contribution is -2.03. The fraction of sp³-hybridized carbons (Fsp3) is 0.190. The molecule has 4 nitrogen and oxygen atoms in total. The van der Waals surface area contributed by atoms with E-state index in [4.69, 9.17) is 5.11 Å². The first-order chi connectivity index (χ1) is 12.6. The van der Waals surface area contributed by atoms with E-state index in [0.29, 0.717) is 10.2 Å². The zero-order valence-electron chi connectivity index (χ0n) is 15.5. The van der Waals surface area contributed by atoms with Gasteiger partial charge in [-0.1, -0.05) is 56.0 Å². The van der Waals surface area contributed by atoms with Crippen molar-refractivity contribution in [3.05, 3.63) is 82.5 Å². The van der Waals surface area contributed by atoms with Crippen LogP contribution in [0.25, 0.3) is 10.4 Å². The molecule has 0 amide bonds. The number of rotatable bonds is 3. The third-order valence-corrected chi connectivity index (χ3v) is 6.78. The molecular formula is C21H23O4PS. The van der Waals surface area contributed by atoms with E-state index in [1.165, 1.54) is 18.0 Å². The molecule has 1 aliphatic rings. The first-order valence-electron chi connectivity index (χ1n) is 8.39. The monoisotopic (exact) mass is 402 g/mol. The average Bonchev–Trinajstić information content (AvgIpc) is 3.10. The van der Waals surface area contributed by atoms with Crippen molar-refractivity contribution in [2.45, 2.75) is 13.8 Å². The Morgan fingerprint density at radius 2 is 1.81 bits per heavy atom. The maximum atomic E-state index is 11.4. The van der Waals surface area contributed by atoms with Crippen molar-refractivity contribution >= 4 is 24.7 Å². The standard InChI is InChI=1S/C11H8O2S.C10H15O2P/c12-11(13)10-7-6-9(14-10)8-4-2-1-3-5-8;1-7-5-6-10(13(4,11)12)9(3)8(7)2/h1-7H,(H,12,13);5-7H,2H2,1,3-4H3,(H,11,12). The summed E-state index contributed by atoms with van der Waals surface area (Å²) in [6.07, 6.45) is 3.66. The Kier molecular flexibility index (Phi) is 6.77. The Morgan fingerprint density at radius 3 is 2.33 bits per heavy atom. The van der Waals surface area contributed by atoms with E-state index in [1.54, 1.807) is 12.1 Å². The summed E-state index contributed by atoms with van der Waals surface area (Å²) in [5.41, 5.74) is 2.86. The van der Waals surface area contributed by atoms with Crippen LogP contribution in [0.2, 0.25) is 0 Å². The van der Waals surface area contributed by atoms with Gasteiger partial charge in [-0.05, 0) is 41.7 Å². The molecule has 2 unspecified atom stereocenters. The minimum absolute atomic E-state index is 0.273. The second-order valence-corrected chi connectivity index (χ2v) is 9.72. The molecule has 0 aliphatic heterocycles. The topological polar surface area (TPSA) is 74.6 Å². The van der Waals surface area contributed by atoms with Crippen molar-refractivity contribution < 1.29 is 19.4 Å². The van der Waals surface area contributed by atoms with Crippen molar-refractivity contribution in [2.24, 2.45) is 5.92 Å². The number of carboxylic acids is 1. The largest absolute Gasteiger partial charge is 0.477 e. The van der Waals surface area contributed by atoms with Crippen LogP contribution in [0, 0.1) is 5.92 Å². The van der Waals surface area contributed by atoms with Crippen LogP contribution in [0.3, 0.4) is 0 Å². The van der Waals surface area contributed by atoms with E-state index < -0.39 is 13.3 Å². The molecule has 0 spiro atoms. The SMILES string of the molecule is C=C1C(C)=C(P(C)(=O)O)C=CC1C.O=C(O)c1ccc(-c2ccccc2)s1. The van der Waals surface area contributed by atoms with Crippen LogP contribution >= 0.6 is 18.7 Å². The predicted molar refractivity (Wildman–Crippen MR) is 113 cm³/mol. The smallest absolute Gasteiger partial charge is 0.345 e. The molecule has 6 heteroatoms. The Morgan fingerprint density at radius 1 is 1.19 bits per heavy atom. The van der Waals surface area contributed by atoms with Gasteiger partial charge >= 0.3 is 5.97 Å². The summed E-state index contributed by atoms with van der Waals surface area (Å²) in [6.45, 7) is 9.14. The van der Waals surface area contributed by atoms with E-state index in [1.807, 2.05) is 56.3 Å². The summed E-state index contributed by atoms with van der Waals surface area (Å²) < 4.78 is 11.4. The molecule has 1 aromatic heterocycles. The number of benzene rings is 1. The summed E-state index contributed by atoms with van der Waals surface area (Å²) in [7, 11) is -3.13. The van der Waals surface area contributed by atoms with E-state index in [2.05, 4.69) is 6.58 Å². The number of thiophene rings is 1. The Balaban J connectivity index is 0.000000194. The van der Waals surface area contributed by atoms with Crippen LogP contribution in [0.4, 0.5) is 0 Å². The summed E-state index contributed by atoms with van der Waals surface area (Å²) in [4.78, 5) is 21.4. The van der Waals surface area contributed by atoms with Crippen LogP contribution < -0.4 is 0 Å². The molecule has 0 radical (unpaired) electrons. The molecule has 1 aromatic carbocycles. The predicted octanol–water partition coefficient (Wildman–Crippen LogP) is 6.04. The average molecular weight is 402 g/mol. The van der Waals surface area contributed by atoms with Crippen LogP contribution in [-0.2, 0) is 4.57 Å². The third kappa shape index (κ3) is 5.39. The van der Waals surface area contributed by atoms with Crippen LogP contribution in [0.15, 0.2) is 77.7 Å². The van der Waals surface area contributed by atoms with Gasteiger partial charge in [0.25, 0.3) is 0 Å². The molecule has 0 saturated carbocycles. The quantitative estimate of drug-likeness (QED) is 0.614. The Bertz CT molecular complexity index is 948. The lowest BCUT2D eigenvalue weighted by atomic mass is 9.92. The van der Waals surface area contributed by atoms with Gasteiger partial charge < -0.3 is 10.00 Å². The highest BCUT2D eigenvalue weighted by Crippen LogP contribution is 2.51. The fourth-order valence-electron chi connectivity index (χ4n) is 2.64. The fourth-order valence-corrected chi connectivity index (χ4v) is 4.62. The van der Waals surface area contributed by atoms with Gasteiger partial charge in [-0.3, -0.25) is 4.57 Å². The molecule has 0 fully saturated rings. The Hall–Kier alpha value is -2.20. The second-order valence-electron chi connectivity index (χ2n) is 6.40. The van der Waals surface area contributed by atoms with Gasteiger partial charge in [0.1, 0.15) is 4.88 Å². The number of carboxylic acid groups (broad SMARTS) is 1. The van der Waals surface area contributed by atoms with Crippen LogP contribution in [-0.4, -0.2) is 22.6 Å². The highest BCUT2D eigenvalue weighted by molar-refractivity contribution is 7.62. The normalized spacial score (nSPS) is 18.5. The van der Waals surface area contributed by atoms with E-state index in [-0.39, 0.29) is 5.92 Å². The summed E-state index contributed by atoms with van der Waals surface area (Å²) in [5, 5.41) is 9.29. The zero-order valence-corrected chi connectivity index (χ0v) is 17.3. The van der Waals surface area contributed by atoms with Gasteiger partial charge in [-0.25, -0.2) is 4.79 Å². The first-order valence-corrected chi connectivity index (χ1v) is 11.3. The minimum Gasteiger partial charge on any atom is -0.477 e. The minimum atomic E-state index is -3.13. The van der Waals surface area contributed by atoms with Gasteiger partial charge in [0.15, 0.2) is 0 Å². The van der Waals surface area contributed by atoms with E-state index >= 15 is 0 Å². The molecule has 0 bridgehead atoms. The molecule has 1 aliphatic carbocycles. The van der Waals surface area contributed by atoms with Gasteiger partial charge in [-0.2, -0.15) is 0 Å². The summed E-state index contributed by atoms with van der Waals surface area (Å²) in [5.74, 6) is -0.590.